The topological polar surface area (TPSA) is 75.5 Å². The summed E-state index contributed by atoms with van der Waals surface area (Å²) in [5, 5.41) is 6.66. The van der Waals surface area contributed by atoms with Crippen molar-refractivity contribution in [1.82, 2.24) is 15.2 Å². The molecule has 2 rings (SSSR count). The molecule has 0 spiro atoms. The second-order valence-corrected chi connectivity index (χ2v) is 3.41. The number of hydrogen-bond donors (Lipinski definition) is 1. The Kier molecular flexibility index (Phi) is 3.47. The molecule has 2 aromatic heterocycles. The van der Waals surface area contributed by atoms with Crippen LogP contribution < -0.4 is 4.74 Å². The highest BCUT2D eigenvalue weighted by Crippen LogP contribution is 2.42. The predicted octanol–water partition coefficient (Wildman–Crippen LogP) is 2.53. The lowest BCUT2D eigenvalue weighted by atomic mass is 10.1. The van der Waals surface area contributed by atoms with Gasteiger partial charge in [-0.25, -0.2) is 4.98 Å². The van der Waals surface area contributed by atoms with Crippen LogP contribution in [-0.4, -0.2) is 35.2 Å². The van der Waals surface area contributed by atoms with E-state index in [4.69, 9.17) is 4.74 Å². The number of H-pyrrole nitrogens is 1. The molecule has 2 heterocycles. The van der Waals surface area contributed by atoms with Gasteiger partial charge in [0.05, 0.1) is 13.3 Å². The van der Waals surface area contributed by atoms with Gasteiger partial charge in [0, 0.05) is 29.7 Å². The maximum atomic E-state index is 5.18. The first kappa shape index (κ1) is 12.0. The van der Waals surface area contributed by atoms with Gasteiger partial charge in [0.2, 0.25) is 5.88 Å². The van der Waals surface area contributed by atoms with Crippen LogP contribution in [0.15, 0.2) is 28.6 Å². The smallest absolute Gasteiger partial charge is 0.241 e. The molecule has 0 radical (unpaired) electrons. The quantitative estimate of drug-likeness (QED) is 0.838. The van der Waals surface area contributed by atoms with E-state index in [1.54, 1.807) is 31.9 Å². The number of aromatic amines is 1. The lowest BCUT2D eigenvalue weighted by Crippen LogP contribution is -1.90. The highest BCUT2D eigenvalue weighted by molar-refractivity contribution is 5.87. The van der Waals surface area contributed by atoms with Crippen molar-refractivity contribution in [3.8, 4) is 17.0 Å². The standard InChI is InChI=1S/C12H13N5O/c1-4-14-11-10(13-2)9(7-15-12(11)18-3)8-5-16-17-6-8/h4-7H,2H2,1,3H3,(H,16,17)/b14-4-. The maximum Gasteiger partial charge on any atom is 0.241 e. The van der Waals surface area contributed by atoms with Crippen molar-refractivity contribution in [3.05, 3.63) is 18.6 Å². The second-order valence-electron chi connectivity index (χ2n) is 3.41. The Morgan fingerprint density at radius 2 is 2.22 bits per heavy atom. The fourth-order valence-electron chi connectivity index (χ4n) is 1.64. The predicted molar refractivity (Wildman–Crippen MR) is 71.4 cm³/mol. The van der Waals surface area contributed by atoms with Crippen molar-refractivity contribution in [1.29, 1.82) is 0 Å². The molecular weight excluding hydrogens is 230 g/mol. The first-order valence-electron chi connectivity index (χ1n) is 5.33. The van der Waals surface area contributed by atoms with E-state index in [-0.39, 0.29) is 0 Å². The zero-order valence-electron chi connectivity index (χ0n) is 10.2. The zero-order chi connectivity index (χ0) is 13.0. The largest absolute Gasteiger partial charge is 0.479 e. The molecule has 6 heteroatoms. The Labute approximate surface area is 104 Å². The monoisotopic (exact) mass is 243 g/mol. The lowest BCUT2D eigenvalue weighted by molar-refractivity contribution is 0.400. The van der Waals surface area contributed by atoms with E-state index in [2.05, 4.69) is 31.9 Å². The Hall–Kier alpha value is -2.50. The molecule has 0 aromatic carbocycles. The van der Waals surface area contributed by atoms with Gasteiger partial charge in [0.25, 0.3) is 0 Å². The van der Waals surface area contributed by atoms with Gasteiger partial charge in [-0.05, 0) is 13.6 Å². The summed E-state index contributed by atoms with van der Waals surface area (Å²) in [6, 6.07) is 0. The molecule has 0 aliphatic rings. The van der Waals surface area contributed by atoms with Crippen LogP contribution >= 0.6 is 0 Å². The van der Waals surface area contributed by atoms with Crippen LogP contribution in [-0.2, 0) is 0 Å². The molecule has 6 nitrogen and oxygen atoms in total. The van der Waals surface area contributed by atoms with Crippen LogP contribution in [0.5, 0.6) is 5.88 Å². The molecule has 0 aliphatic carbocycles. The molecule has 0 unspecified atom stereocenters. The molecule has 2 aromatic rings. The highest BCUT2D eigenvalue weighted by atomic mass is 16.5. The zero-order valence-corrected chi connectivity index (χ0v) is 10.2. The molecule has 0 saturated heterocycles. The molecule has 1 N–H and O–H groups in total. The molecule has 0 atom stereocenters. The van der Waals surface area contributed by atoms with E-state index in [1.807, 2.05) is 6.92 Å². The van der Waals surface area contributed by atoms with Gasteiger partial charge in [-0.3, -0.25) is 15.1 Å². The van der Waals surface area contributed by atoms with Crippen LogP contribution in [0.1, 0.15) is 6.92 Å². The van der Waals surface area contributed by atoms with Crippen LogP contribution in [0.25, 0.3) is 11.1 Å². The number of nitrogens with one attached hydrogen (secondary N) is 1. The number of ether oxygens (including phenoxy) is 1. The maximum absolute atomic E-state index is 5.18. The minimum atomic E-state index is 0.419. The first-order chi connectivity index (χ1) is 8.81. The third-order valence-electron chi connectivity index (χ3n) is 2.41. The highest BCUT2D eigenvalue weighted by Gasteiger charge is 2.15. The van der Waals surface area contributed by atoms with E-state index >= 15 is 0 Å². The van der Waals surface area contributed by atoms with Crippen molar-refractivity contribution in [2.24, 2.45) is 9.98 Å². The molecule has 0 saturated carbocycles. The number of hydrogen-bond acceptors (Lipinski definition) is 5. The van der Waals surface area contributed by atoms with Crippen LogP contribution in [0.3, 0.4) is 0 Å². The Morgan fingerprint density at radius 3 is 2.78 bits per heavy atom. The van der Waals surface area contributed by atoms with Crippen LogP contribution in [0.4, 0.5) is 11.4 Å². The van der Waals surface area contributed by atoms with E-state index in [1.165, 1.54) is 0 Å². The molecule has 18 heavy (non-hydrogen) atoms. The Morgan fingerprint density at radius 1 is 1.39 bits per heavy atom. The summed E-state index contributed by atoms with van der Waals surface area (Å²) in [6.45, 7) is 5.40. The average molecular weight is 243 g/mol. The normalized spacial score (nSPS) is 10.8. The summed E-state index contributed by atoms with van der Waals surface area (Å²) in [5.41, 5.74) is 2.87. The Bertz CT molecular complexity index is 574. The number of aliphatic imine (C=N–C) groups is 2. The molecule has 0 amide bonds. The van der Waals surface area contributed by atoms with E-state index < -0.39 is 0 Å². The third kappa shape index (κ3) is 2.00. The molecule has 0 aliphatic heterocycles. The number of rotatable bonds is 4. The van der Waals surface area contributed by atoms with Crippen molar-refractivity contribution in [2.45, 2.75) is 6.92 Å². The summed E-state index contributed by atoms with van der Waals surface area (Å²) in [4.78, 5) is 12.5. The Balaban J connectivity index is 2.69. The third-order valence-corrected chi connectivity index (χ3v) is 2.41. The van der Waals surface area contributed by atoms with Gasteiger partial charge >= 0.3 is 0 Å². The summed E-state index contributed by atoms with van der Waals surface area (Å²) in [5.74, 6) is 0.419. The molecular formula is C12H13N5O. The van der Waals surface area contributed by atoms with Crippen molar-refractivity contribution >= 4 is 24.3 Å². The summed E-state index contributed by atoms with van der Waals surface area (Å²) >= 11 is 0. The number of nitrogens with zero attached hydrogens (tertiary/aromatic N) is 4. The summed E-state index contributed by atoms with van der Waals surface area (Å²) < 4.78 is 5.18. The summed E-state index contributed by atoms with van der Waals surface area (Å²) in [6.07, 6.45) is 6.78. The number of pyridine rings is 1. The average Bonchev–Trinajstić information content (AvgIpc) is 2.92. The minimum Gasteiger partial charge on any atom is -0.479 e. The first-order valence-corrected chi connectivity index (χ1v) is 5.33. The van der Waals surface area contributed by atoms with Crippen molar-refractivity contribution in [3.63, 3.8) is 0 Å². The van der Waals surface area contributed by atoms with Gasteiger partial charge in [-0.1, -0.05) is 0 Å². The van der Waals surface area contributed by atoms with Crippen molar-refractivity contribution in [2.75, 3.05) is 7.11 Å². The minimum absolute atomic E-state index is 0.419. The SMILES string of the molecule is C=Nc1c(-c2cn[nH]c2)cnc(OC)c1/N=C\C. The van der Waals surface area contributed by atoms with E-state index in [0.29, 0.717) is 17.3 Å². The molecule has 92 valence electrons. The van der Waals surface area contributed by atoms with Gasteiger partial charge in [-0.15, -0.1) is 0 Å². The molecule has 0 bridgehead atoms. The fraction of sp³-hybridized carbons (Fsp3) is 0.167. The summed E-state index contributed by atoms with van der Waals surface area (Å²) in [7, 11) is 1.54. The van der Waals surface area contributed by atoms with Gasteiger partial charge in [0.15, 0.2) is 5.69 Å². The second kappa shape index (κ2) is 5.22. The van der Waals surface area contributed by atoms with Gasteiger partial charge in [0.1, 0.15) is 5.69 Å². The van der Waals surface area contributed by atoms with Gasteiger partial charge < -0.3 is 4.74 Å². The lowest BCUT2D eigenvalue weighted by Gasteiger charge is -2.09. The van der Waals surface area contributed by atoms with Crippen LogP contribution in [0.2, 0.25) is 0 Å². The van der Waals surface area contributed by atoms with E-state index in [0.717, 1.165) is 11.1 Å². The van der Waals surface area contributed by atoms with Crippen LogP contribution in [0, 0.1) is 0 Å². The fourth-order valence-corrected chi connectivity index (χ4v) is 1.64. The number of aromatic nitrogens is 3. The van der Waals surface area contributed by atoms with Gasteiger partial charge in [-0.2, -0.15) is 5.10 Å². The molecule has 0 fully saturated rings. The van der Waals surface area contributed by atoms with Crippen molar-refractivity contribution < 1.29 is 4.74 Å². The number of methoxy groups -OCH3 is 1. The van der Waals surface area contributed by atoms with E-state index in [9.17, 15) is 0 Å².